The Morgan fingerprint density at radius 1 is 1.41 bits per heavy atom. The maximum Gasteiger partial charge on any atom is 0.130 e. The number of aliphatic hydroxyl groups excluding tert-OH is 1. The molecule has 0 aliphatic carbocycles. The Morgan fingerprint density at radius 2 is 2.12 bits per heavy atom. The van der Waals surface area contributed by atoms with Crippen molar-refractivity contribution in [3.05, 3.63) is 35.4 Å². The van der Waals surface area contributed by atoms with Gasteiger partial charge in [0.05, 0.1) is 12.6 Å². The summed E-state index contributed by atoms with van der Waals surface area (Å²) in [5, 5.41) is 12.8. The Hall–Kier alpha value is -1.39. The molecule has 0 spiro atoms. The molecule has 0 fully saturated rings. The third-order valence-electron chi connectivity index (χ3n) is 3.01. The van der Waals surface area contributed by atoms with Crippen molar-refractivity contribution in [1.82, 2.24) is 10.2 Å². The Morgan fingerprint density at radius 3 is 2.65 bits per heavy atom. The normalized spacial score (nSPS) is 17.1. The molecule has 0 amide bonds. The molecule has 0 saturated heterocycles. The molecule has 0 aromatic heterocycles. The fourth-order valence-electron chi connectivity index (χ4n) is 2.01. The summed E-state index contributed by atoms with van der Waals surface area (Å²) in [5.41, 5.74) is 2.05. The van der Waals surface area contributed by atoms with Gasteiger partial charge in [-0.15, -0.1) is 0 Å². The van der Waals surface area contributed by atoms with Crippen molar-refractivity contribution >= 4 is 5.84 Å². The number of likely N-dealkylation sites (N-methyl/N-ethyl adjacent to an activating group) is 2. The average molecular weight is 233 g/mol. The number of aliphatic hydroxyl groups is 1. The van der Waals surface area contributed by atoms with E-state index in [0.29, 0.717) is 6.54 Å². The van der Waals surface area contributed by atoms with Crippen molar-refractivity contribution in [1.29, 1.82) is 0 Å². The zero-order valence-electron chi connectivity index (χ0n) is 10.3. The summed E-state index contributed by atoms with van der Waals surface area (Å²) in [5.74, 6) is 1.04. The van der Waals surface area contributed by atoms with Gasteiger partial charge >= 0.3 is 0 Å². The predicted octanol–water partition coefficient (Wildman–Crippen LogP) is 0.631. The van der Waals surface area contributed by atoms with Gasteiger partial charge in [-0.05, 0) is 12.6 Å². The fourth-order valence-corrected chi connectivity index (χ4v) is 2.01. The van der Waals surface area contributed by atoms with E-state index in [4.69, 9.17) is 0 Å². The summed E-state index contributed by atoms with van der Waals surface area (Å²) in [7, 11) is 3.88. The van der Waals surface area contributed by atoms with Crippen LogP contribution in [-0.4, -0.2) is 49.6 Å². The highest BCUT2D eigenvalue weighted by atomic mass is 16.3. The van der Waals surface area contributed by atoms with Crippen molar-refractivity contribution in [2.24, 2.45) is 4.99 Å². The number of amidine groups is 1. The van der Waals surface area contributed by atoms with Gasteiger partial charge in [0.1, 0.15) is 5.84 Å². The maximum absolute atomic E-state index is 9.83. The largest absolute Gasteiger partial charge is 0.387 e. The summed E-state index contributed by atoms with van der Waals surface area (Å²) in [6.07, 6.45) is -0.447. The first-order valence-corrected chi connectivity index (χ1v) is 5.91. The van der Waals surface area contributed by atoms with E-state index < -0.39 is 6.10 Å². The lowest BCUT2D eigenvalue weighted by Gasteiger charge is -2.15. The first-order valence-electron chi connectivity index (χ1n) is 5.91. The van der Waals surface area contributed by atoms with E-state index in [1.807, 2.05) is 31.3 Å². The molecule has 1 aromatic rings. The number of nitrogens with one attached hydrogen (secondary N) is 1. The molecule has 2 N–H and O–H groups in total. The highest BCUT2D eigenvalue weighted by molar-refractivity contribution is 5.99. The number of benzene rings is 1. The van der Waals surface area contributed by atoms with Gasteiger partial charge in [-0.1, -0.05) is 24.3 Å². The van der Waals surface area contributed by atoms with Crippen molar-refractivity contribution in [3.63, 3.8) is 0 Å². The van der Waals surface area contributed by atoms with Crippen LogP contribution in [0.4, 0.5) is 0 Å². The number of rotatable bonds is 4. The second-order valence-electron chi connectivity index (χ2n) is 4.32. The number of nitrogens with zero attached hydrogens (tertiary/aromatic N) is 2. The monoisotopic (exact) mass is 233 g/mol. The quantitative estimate of drug-likeness (QED) is 0.802. The molecule has 1 aromatic carbocycles. The van der Waals surface area contributed by atoms with E-state index in [1.54, 1.807) is 0 Å². The van der Waals surface area contributed by atoms with Crippen LogP contribution in [0.5, 0.6) is 0 Å². The third-order valence-corrected chi connectivity index (χ3v) is 3.01. The van der Waals surface area contributed by atoms with Crippen molar-refractivity contribution in [3.8, 4) is 0 Å². The molecule has 0 radical (unpaired) electrons. The minimum absolute atomic E-state index is 0.447. The summed E-state index contributed by atoms with van der Waals surface area (Å²) in [4.78, 5) is 6.62. The molecule has 4 nitrogen and oxygen atoms in total. The SMILES string of the molecule is CNCC(O)c1ccc(C2=NCCN2C)cc1. The molecule has 2 rings (SSSR count). The van der Waals surface area contributed by atoms with Gasteiger partial charge in [-0.25, -0.2) is 0 Å². The molecule has 1 aliphatic heterocycles. The highest BCUT2D eigenvalue weighted by Crippen LogP contribution is 2.15. The van der Waals surface area contributed by atoms with Crippen LogP contribution in [0.1, 0.15) is 17.2 Å². The van der Waals surface area contributed by atoms with E-state index in [1.165, 1.54) is 0 Å². The Bertz CT molecular complexity index is 400. The highest BCUT2D eigenvalue weighted by Gasteiger charge is 2.14. The maximum atomic E-state index is 9.83. The van der Waals surface area contributed by atoms with Crippen molar-refractivity contribution in [2.45, 2.75) is 6.10 Å². The smallest absolute Gasteiger partial charge is 0.130 e. The Labute approximate surface area is 102 Å². The second-order valence-corrected chi connectivity index (χ2v) is 4.32. The lowest BCUT2D eigenvalue weighted by molar-refractivity contribution is 0.178. The molecule has 17 heavy (non-hydrogen) atoms. The molecule has 0 bridgehead atoms. The number of hydrogen-bond acceptors (Lipinski definition) is 4. The molecular weight excluding hydrogens is 214 g/mol. The van der Waals surface area contributed by atoms with Gasteiger partial charge in [-0.2, -0.15) is 0 Å². The minimum Gasteiger partial charge on any atom is -0.387 e. The van der Waals surface area contributed by atoms with Crippen LogP contribution in [0.2, 0.25) is 0 Å². The second kappa shape index (κ2) is 5.29. The van der Waals surface area contributed by atoms with Crippen LogP contribution < -0.4 is 5.32 Å². The van der Waals surface area contributed by atoms with Crippen LogP contribution in [0.3, 0.4) is 0 Å². The zero-order chi connectivity index (χ0) is 12.3. The fraction of sp³-hybridized carbons (Fsp3) is 0.462. The van der Waals surface area contributed by atoms with Crippen LogP contribution in [0.25, 0.3) is 0 Å². The van der Waals surface area contributed by atoms with Crippen LogP contribution in [0, 0.1) is 0 Å². The Balaban J connectivity index is 2.13. The predicted molar refractivity (Wildman–Crippen MR) is 69.4 cm³/mol. The lowest BCUT2D eigenvalue weighted by Crippen LogP contribution is -2.23. The van der Waals surface area contributed by atoms with Crippen LogP contribution in [-0.2, 0) is 0 Å². The molecular formula is C13H19N3O. The topological polar surface area (TPSA) is 47.9 Å². The van der Waals surface area contributed by atoms with Gasteiger partial charge in [0.15, 0.2) is 0 Å². The molecule has 4 heteroatoms. The van der Waals surface area contributed by atoms with Crippen molar-refractivity contribution in [2.75, 3.05) is 33.7 Å². The lowest BCUT2D eigenvalue weighted by atomic mass is 10.1. The van der Waals surface area contributed by atoms with E-state index in [9.17, 15) is 5.11 Å². The summed E-state index contributed by atoms with van der Waals surface area (Å²) in [6, 6.07) is 7.97. The van der Waals surface area contributed by atoms with Gasteiger partial charge in [0.25, 0.3) is 0 Å². The zero-order valence-corrected chi connectivity index (χ0v) is 10.3. The minimum atomic E-state index is -0.447. The summed E-state index contributed by atoms with van der Waals surface area (Å²) in [6.45, 7) is 2.43. The van der Waals surface area contributed by atoms with Gasteiger partial charge in [0.2, 0.25) is 0 Å². The standard InChI is InChI=1S/C13H19N3O/c1-14-9-12(17)10-3-5-11(6-4-10)13-15-7-8-16(13)2/h3-6,12,14,17H,7-9H2,1-2H3. The summed E-state index contributed by atoms with van der Waals surface area (Å²) >= 11 is 0. The molecule has 1 unspecified atom stereocenters. The van der Waals surface area contributed by atoms with E-state index in [-0.39, 0.29) is 0 Å². The van der Waals surface area contributed by atoms with Crippen molar-refractivity contribution < 1.29 is 5.11 Å². The third kappa shape index (κ3) is 2.65. The Kier molecular flexibility index (Phi) is 3.76. The first kappa shape index (κ1) is 12.1. The first-order chi connectivity index (χ1) is 8.22. The van der Waals surface area contributed by atoms with E-state index >= 15 is 0 Å². The molecule has 1 aliphatic rings. The van der Waals surface area contributed by atoms with Crippen LogP contribution in [0.15, 0.2) is 29.3 Å². The average Bonchev–Trinajstić information content (AvgIpc) is 2.76. The molecule has 92 valence electrons. The van der Waals surface area contributed by atoms with Gasteiger partial charge in [0, 0.05) is 25.7 Å². The molecule has 1 atom stereocenters. The molecule has 0 saturated carbocycles. The van der Waals surface area contributed by atoms with Crippen LogP contribution >= 0.6 is 0 Å². The van der Waals surface area contributed by atoms with E-state index in [0.717, 1.165) is 30.1 Å². The number of hydrogen-bond donors (Lipinski definition) is 2. The van der Waals surface area contributed by atoms with E-state index in [2.05, 4.69) is 22.3 Å². The molecule has 1 heterocycles. The summed E-state index contributed by atoms with van der Waals surface area (Å²) < 4.78 is 0. The number of aliphatic imine (C=N–C) groups is 1. The van der Waals surface area contributed by atoms with Gasteiger partial charge < -0.3 is 15.3 Å². The van der Waals surface area contributed by atoms with Gasteiger partial charge in [-0.3, -0.25) is 4.99 Å².